The molecule has 0 N–H and O–H groups in total. The summed E-state index contributed by atoms with van der Waals surface area (Å²) in [4.78, 5) is 12.4. The molecule has 0 radical (unpaired) electrons. The number of Topliss-reactive ketones (excluding diaryl/α,β-unsaturated/α-hetero) is 1. The smallest absolute Gasteiger partial charge is 0.169 e. The van der Waals surface area contributed by atoms with E-state index in [0.29, 0.717) is 12.2 Å². The first-order chi connectivity index (χ1) is 8.68. The lowest BCUT2D eigenvalue weighted by Crippen LogP contribution is -2.40. The monoisotopic (exact) mass is 250 g/mol. The third-order valence-electron chi connectivity index (χ3n) is 3.65. The summed E-state index contributed by atoms with van der Waals surface area (Å²) < 4.78 is 19.2. The third kappa shape index (κ3) is 2.61. The Morgan fingerprint density at radius 1 is 1.33 bits per heavy atom. The van der Waals surface area contributed by atoms with Gasteiger partial charge >= 0.3 is 0 Å². The van der Waals surface area contributed by atoms with E-state index < -0.39 is 5.60 Å². The van der Waals surface area contributed by atoms with Gasteiger partial charge in [-0.05, 0) is 44.2 Å². The molecule has 0 aliphatic heterocycles. The van der Waals surface area contributed by atoms with Gasteiger partial charge in [0.15, 0.2) is 5.78 Å². The number of hydrogen-bond acceptors (Lipinski definition) is 2. The number of rotatable bonds is 5. The molecule has 2 rings (SSSR count). The molecule has 0 bridgehead atoms. The highest BCUT2D eigenvalue weighted by molar-refractivity contribution is 5.89. The molecule has 0 heterocycles. The first-order valence-corrected chi connectivity index (χ1v) is 6.58. The van der Waals surface area contributed by atoms with Crippen LogP contribution in [0.15, 0.2) is 24.3 Å². The Hall–Kier alpha value is -1.22. The van der Waals surface area contributed by atoms with Gasteiger partial charge in [-0.15, -0.1) is 0 Å². The Bertz CT molecular complexity index is 422. The van der Waals surface area contributed by atoms with Gasteiger partial charge in [0.25, 0.3) is 0 Å². The summed E-state index contributed by atoms with van der Waals surface area (Å²) in [5.41, 5.74) is -0.190. The highest BCUT2D eigenvalue weighted by Crippen LogP contribution is 2.35. The topological polar surface area (TPSA) is 26.3 Å². The van der Waals surface area contributed by atoms with Crippen LogP contribution in [-0.2, 0) is 16.0 Å². The summed E-state index contributed by atoms with van der Waals surface area (Å²) in [5, 5.41) is 0. The maximum absolute atomic E-state index is 13.6. The zero-order valence-electron chi connectivity index (χ0n) is 10.7. The summed E-state index contributed by atoms with van der Waals surface area (Å²) in [6.07, 6.45) is 3.71. The Labute approximate surface area is 107 Å². The fourth-order valence-electron chi connectivity index (χ4n) is 2.70. The summed E-state index contributed by atoms with van der Waals surface area (Å²) in [5.74, 6) is -0.289. The van der Waals surface area contributed by atoms with Gasteiger partial charge in [-0.25, -0.2) is 4.39 Å². The molecule has 1 aromatic carbocycles. The standard InChI is InChI=1S/C15H19FO2/c1-2-18-15(9-5-6-10-15)14(17)11-12-7-3-4-8-13(12)16/h3-4,7-8H,2,5-6,9-11H2,1H3. The number of carbonyl (C=O) groups excluding carboxylic acids is 1. The molecule has 0 saturated heterocycles. The maximum atomic E-state index is 13.6. The van der Waals surface area contributed by atoms with Crippen LogP contribution in [0.5, 0.6) is 0 Å². The molecule has 0 amide bonds. The Kier molecular flexibility index (Phi) is 4.12. The lowest BCUT2D eigenvalue weighted by Gasteiger charge is -2.27. The number of benzene rings is 1. The van der Waals surface area contributed by atoms with Gasteiger partial charge in [0.2, 0.25) is 0 Å². The Balaban J connectivity index is 2.13. The van der Waals surface area contributed by atoms with E-state index in [9.17, 15) is 9.18 Å². The molecular formula is C15H19FO2. The number of ether oxygens (including phenoxy) is 1. The number of halogens is 1. The van der Waals surface area contributed by atoms with Crippen molar-refractivity contribution in [1.82, 2.24) is 0 Å². The van der Waals surface area contributed by atoms with Crippen molar-refractivity contribution < 1.29 is 13.9 Å². The maximum Gasteiger partial charge on any atom is 0.169 e. The van der Waals surface area contributed by atoms with Crippen molar-refractivity contribution in [3.05, 3.63) is 35.6 Å². The van der Waals surface area contributed by atoms with Crippen molar-refractivity contribution in [2.24, 2.45) is 0 Å². The number of hydrogen-bond donors (Lipinski definition) is 0. The van der Waals surface area contributed by atoms with Crippen LogP contribution in [0.3, 0.4) is 0 Å². The minimum Gasteiger partial charge on any atom is -0.367 e. The molecule has 3 heteroatoms. The lowest BCUT2D eigenvalue weighted by molar-refractivity contribution is -0.142. The highest BCUT2D eigenvalue weighted by Gasteiger charge is 2.41. The minimum absolute atomic E-state index is 0.0203. The SMILES string of the molecule is CCOC1(C(=O)Cc2ccccc2F)CCCC1. The zero-order chi connectivity index (χ0) is 13.0. The van der Waals surface area contributed by atoms with Crippen LogP contribution < -0.4 is 0 Å². The van der Waals surface area contributed by atoms with Crippen molar-refractivity contribution in [3.8, 4) is 0 Å². The van der Waals surface area contributed by atoms with Crippen LogP contribution in [0, 0.1) is 5.82 Å². The second-order valence-electron chi connectivity index (χ2n) is 4.83. The largest absolute Gasteiger partial charge is 0.367 e. The van der Waals surface area contributed by atoms with Crippen LogP contribution in [-0.4, -0.2) is 18.0 Å². The van der Waals surface area contributed by atoms with E-state index >= 15 is 0 Å². The Morgan fingerprint density at radius 3 is 2.61 bits per heavy atom. The normalized spacial score (nSPS) is 17.9. The second kappa shape index (κ2) is 5.61. The first kappa shape index (κ1) is 13.2. The van der Waals surface area contributed by atoms with Gasteiger partial charge in [0, 0.05) is 13.0 Å². The van der Waals surface area contributed by atoms with Gasteiger partial charge in [-0.3, -0.25) is 4.79 Å². The third-order valence-corrected chi connectivity index (χ3v) is 3.65. The summed E-state index contributed by atoms with van der Waals surface area (Å²) in [6.45, 7) is 2.43. The van der Waals surface area contributed by atoms with Crippen LogP contribution in [0.25, 0.3) is 0 Å². The van der Waals surface area contributed by atoms with Crippen molar-refractivity contribution in [2.45, 2.75) is 44.6 Å². The van der Waals surface area contributed by atoms with E-state index in [1.165, 1.54) is 6.07 Å². The molecular weight excluding hydrogens is 231 g/mol. The van der Waals surface area contributed by atoms with Crippen molar-refractivity contribution in [2.75, 3.05) is 6.61 Å². The van der Waals surface area contributed by atoms with E-state index in [0.717, 1.165) is 25.7 Å². The molecule has 0 unspecified atom stereocenters. The van der Waals surface area contributed by atoms with Crippen molar-refractivity contribution >= 4 is 5.78 Å². The van der Waals surface area contributed by atoms with E-state index in [2.05, 4.69) is 0 Å². The fourth-order valence-corrected chi connectivity index (χ4v) is 2.70. The molecule has 1 aliphatic rings. The summed E-state index contributed by atoms with van der Waals surface area (Å²) >= 11 is 0. The molecule has 2 nitrogen and oxygen atoms in total. The number of carbonyl (C=O) groups is 1. The number of ketones is 1. The van der Waals surface area contributed by atoms with E-state index in [1.807, 2.05) is 6.92 Å². The molecule has 98 valence electrons. The van der Waals surface area contributed by atoms with Gasteiger partial charge in [0.05, 0.1) is 0 Å². The molecule has 1 aromatic rings. The zero-order valence-corrected chi connectivity index (χ0v) is 10.7. The van der Waals surface area contributed by atoms with Crippen molar-refractivity contribution in [1.29, 1.82) is 0 Å². The predicted octanol–water partition coefficient (Wildman–Crippen LogP) is 3.29. The molecule has 1 aliphatic carbocycles. The second-order valence-corrected chi connectivity index (χ2v) is 4.83. The summed E-state index contributed by atoms with van der Waals surface area (Å²) in [6, 6.07) is 6.46. The van der Waals surface area contributed by atoms with Crippen LogP contribution in [0.4, 0.5) is 4.39 Å². The van der Waals surface area contributed by atoms with Crippen LogP contribution >= 0.6 is 0 Å². The van der Waals surface area contributed by atoms with Gasteiger partial charge in [-0.2, -0.15) is 0 Å². The van der Waals surface area contributed by atoms with E-state index in [1.54, 1.807) is 18.2 Å². The molecule has 0 aromatic heterocycles. The average molecular weight is 250 g/mol. The molecule has 1 saturated carbocycles. The quantitative estimate of drug-likeness (QED) is 0.801. The fraction of sp³-hybridized carbons (Fsp3) is 0.533. The van der Waals surface area contributed by atoms with Gasteiger partial charge < -0.3 is 4.74 Å². The van der Waals surface area contributed by atoms with Crippen LogP contribution in [0.2, 0.25) is 0 Å². The van der Waals surface area contributed by atoms with Gasteiger partial charge in [0.1, 0.15) is 11.4 Å². The van der Waals surface area contributed by atoms with Gasteiger partial charge in [-0.1, -0.05) is 18.2 Å². The predicted molar refractivity (Wildman–Crippen MR) is 67.9 cm³/mol. The lowest BCUT2D eigenvalue weighted by atomic mass is 9.91. The first-order valence-electron chi connectivity index (χ1n) is 6.58. The van der Waals surface area contributed by atoms with Crippen LogP contribution in [0.1, 0.15) is 38.2 Å². The Morgan fingerprint density at radius 2 is 2.00 bits per heavy atom. The van der Waals surface area contributed by atoms with Crippen molar-refractivity contribution in [3.63, 3.8) is 0 Å². The average Bonchev–Trinajstić information content (AvgIpc) is 2.82. The van der Waals surface area contributed by atoms with E-state index in [-0.39, 0.29) is 18.0 Å². The summed E-state index contributed by atoms with van der Waals surface area (Å²) in [7, 11) is 0. The highest BCUT2D eigenvalue weighted by atomic mass is 19.1. The van der Waals surface area contributed by atoms with E-state index in [4.69, 9.17) is 4.74 Å². The molecule has 0 spiro atoms. The molecule has 0 atom stereocenters. The molecule has 18 heavy (non-hydrogen) atoms. The minimum atomic E-state index is -0.656. The molecule has 1 fully saturated rings.